The second-order valence-corrected chi connectivity index (χ2v) is 4.58. The number of aromatic nitrogens is 1. The molecule has 5 heteroatoms. The lowest BCUT2D eigenvalue weighted by atomic mass is 10.1. The Hall–Kier alpha value is -2.56. The van der Waals surface area contributed by atoms with Gasteiger partial charge in [-0.3, -0.25) is 0 Å². The molecule has 21 heavy (non-hydrogen) atoms. The van der Waals surface area contributed by atoms with Gasteiger partial charge in [-0.05, 0) is 37.6 Å². The number of aryl methyl sites for hydroxylation is 1. The highest BCUT2D eigenvalue weighted by atomic mass is 16.5. The van der Waals surface area contributed by atoms with Gasteiger partial charge in [-0.15, -0.1) is 0 Å². The van der Waals surface area contributed by atoms with E-state index < -0.39 is 5.97 Å². The Bertz CT molecular complexity index is 604. The maximum absolute atomic E-state index is 11.5. The number of hydrogen-bond acceptors (Lipinski definition) is 5. The molecule has 0 aliphatic rings. The number of phenols is 1. The third kappa shape index (κ3) is 3.72. The minimum Gasteiger partial charge on any atom is -0.508 e. The van der Waals surface area contributed by atoms with E-state index in [1.54, 1.807) is 31.3 Å². The number of benzene rings is 1. The van der Waals surface area contributed by atoms with Crippen molar-refractivity contribution < 1.29 is 14.6 Å². The van der Waals surface area contributed by atoms with E-state index in [0.29, 0.717) is 13.2 Å². The molecule has 0 aliphatic carbocycles. The molecule has 5 nitrogen and oxygen atoms in total. The molecule has 0 bridgehead atoms. The molecule has 2 aromatic rings. The molecule has 2 N–H and O–H groups in total. The first-order chi connectivity index (χ1) is 10.1. The number of rotatable bonds is 5. The molecule has 1 aromatic heterocycles. The van der Waals surface area contributed by atoms with Crippen molar-refractivity contribution in [1.82, 2.24) is 4.98 Å². The van der Waals surface area contributed by atoms with Crippen LogP contribution in [0.4, 0.5) is 5.69 Å². The molecule has 0 amide bonds. The Kier molecular flexibility index (Phi) is 4.77. The van der Waals surface area contributed by atoms with Gasteiger partial charge in [0.05, 0.1) is 18.5 Å². The van der Waals surface area contributed by atoms with Crippen molar-refractivity contribution in [2.75, 3.05) is 11.9 Å². The van der Waals surface area contributed by atoms with Gasteiger partial charge in [0.15, 0.2) is 0 Å². The summed E-state index contributed by atoms with van der Waals surface area (Å²) in [6, 6.07) is 8.78. The Balaban J connectivity index is 2.03. The third-order valence-electron chi connectivity index (χ3n) is 3.10. The number of nitrogens with zero attached hydrogens (tertiary/aromatic N) is 1. The zero-order valence-corrected chi connectivity index (χ0v) is 12.1. The van der Waals surface area contributed by atoms with Gasteiger partial charge in [-0.1, -0.05) is 12.1 Å². The van der Waals surface area contributed by atoms with Gasteiger partial charge >= 0.3 is 5.97 Å². The van der Waals surface area contributed by atoms with E-state index in [4.69, 9.17) is 4.74 Å². The average Bonchev–Trinajstić information content (AvgIpc) is 2.47. The zero-order chi connectivity index (χ0) is 15.2. The number of phenolic OH excluding ortho intramolecular Hbond substituents is 1. The molecule has 0 aliphatic heterocycles. The number of hydrogen-bond donors (Lipinski definition) is 2. The fourth-order valence-corrected chi connectivity index (χ4v) is 1.93. The second-order valence-electron chi connectivity index (χ2n) is 4.58. The van der Waals surface area contributed by atoms with Crippen LogP contribution in [0.1, 0.15) is 28.5 Å². The van der Waals surface area contributed by atoms with Crippen LogP contribution >= 0.6 is 0 Å². The smallest absolute Gasteiger partial charge is 0.356 e. The molecular weight excluding hydrogens is 268 g/mol. The minimum atomic E-state index is -0.430. The van der Waals surface area contributed by atoms with Crippen LogP contribution in [0, 0.1) is 6.92 Å². The van der Waals surface area contributed by atoms with Crippen molar-refractivity contribution in [3.05, 3.63) is 53.3 Å². The monoisotopic (exact) mass is 286 g/mol. The highest BCUT2D eigenvalue weighted by Crippen LogP contribution is 2.21. The van der Waals surface area contributed by atoms with E-state index >= 15 is 0 Å². The Morgan fingerprint density at radius 2 is 2.14 bits per heavy atom. The van der Waals surface area contributed by atoms with Crippen molar-refractivity contribution in [2.45, 2.75) is 20.4 Å². The largest absolute Gasteiger partial charge is 0.508 e. The lowest BCUT2D eigenvalue weighted by molar-refractivity contribution is 0.0519. The van der Waals surface area contributed by atoms with Gasteiger partial charge in [0, 0.05) is 12.1 Å². The molecule has 0 saturated carbocycles. The summed E-state index contributed by atoms with van der Waals surface area (Å²) in [6.07, 6.45) is 1.57. The molecule has 0 spiro atoms. The number of aromatic hydroxyl groups is 1. The number of nitrogens with one attached hydrogen (secondary N) is 1. The predicted octanol–water partition coefficient (Wildman–Crippen LogP) is 2.88. The molecular formula is C16H18N2O3. The van der Waals surface area contributed by atoms with Gasteiger partial charge < -0.3 is 15.2 Å². The van der Waals surface area contributed by atoms with E-state index in [0.717, 1.165) is 16.8 Å². The van der Waals surface area contributed by atoms with Crippen molar-refractivity contribution >= 4 is 11.7 Å². The van der Waals surface area contributed by atoms with Gasteiger partial charge in [-0.25, -0.2) is 9.78 Å². The molecule has 0 atom stereocenters. The van der Waals surface area contributed by atoms with Crippen molar-refractivity contribution in [2.24, 2.45) is 0 Å². The normalized spacial score (nSPS) is 10.2. The molecule has 0 saturated heterocycles. The van der Waals surface area contributed by atoms with E-state index in [1.807, 2.05) is 19.1 Å². The van der Waals surface area contributed by atoms with Crippen LogP contribution in [0.2, 0.25) is 0 Å². The van der Waals surface area contributed by atoms with E-state index in [-0.39, 0.29) is 11.4 Å². The fourth-order valence-electron chi connectivity index (χ4n) is 1.93. The number of anilines is 1. The molecule has 0 fully saturated rings. The van der Waals surface area contributed by atoms with Crippen molar-refractivity contribution in [3.8, 4) is 5.75 Å². The molecule has 0 radical (unpaired) electrons. The third-order valence-corrected chi connectivity index (χ3v) is 3.10. The fraction of sp³-hybridized carbons (Fsp3) is 0.250. The summed E-state index contributed by atoms with van der Waals surface area (Å²) < 4.78 is 4.87. The first-order valence-electron chi connectivity index (χ1n) is 6.76. The molecule has 110 valence electrons. The van der Waals surface area contributed by atoms with Crippen molar-refractivity contribution in [1.29, 1.82) is 0 Å². The van der Waals surface area contributed by atoms with Crippen LogP contribution in [0.25, 0.3) is 0 Å². The van der Waals surface area contributed by atoms with Crippen LogP contribution in [-0.2, 0) is 11.3 Å². The maximum atomic E-state index is 11.5. The predicted molar refractivity (Wildman–Crippen MR) is 80.4 cm³/mol. The molecule has 1 heterocycles. The van der Waals surface area contributed by atoms with Gasteiger partial charge in [0.1, 0.15) is 11.4 Å². The topological polar surface area (TPSA) is 71.5 Å². The lowest BCUT2D eigenvalue weighted by Gasteiger charge is -2.10. The number of ether oxygens (including phenoxy) is 1. The summed E-state index contributed by atoms with van der Waals surface area (Å²) in [6.45, 7) is 4.51. The first-order valence-corrected chi connectivity index (χ1v) is 6.76. The number of esters is 1. The summed E-state index contributed by atoms with van der Waals surface area (Å²) in [5.74, 6) is -0.167. The van der Waals surface area contributed by atoms with Crippen molar-refractivity contribution in [3.63, 3.8) is 0 Å². The second kappa shape index (κ2) is 6.74. The first kappa shape index (κ1) is 14.8. The Labute approximate surface area is 123 Å². The number of pyridine rings is 1. The summed E-state index contributed by atoms with van der Waals surface area (Å²) in [7, 11) is 0. The SMILES string of the molecule is CCOC(=O)c1ccc(NCc2c(C)cccc2O)cn1. The van der Waals surface area contributed by atoms with E-state index in [9.17, 15) is 9.90 Å². The molecule has 1 aromatic carbocycles. The Morgan fingerprint density at radius 3 is 2.76 bits per heavy atom. The lowest BCUT2D eigenvalue weighted by Crippen LogP contribution is -2.07. The Morgan fingerprint density at radius 1 is 1.33 bits per heavy atom. The van der Waals surface area contributed by atoms with Crippen LogP contribution in [0.5, 0.6) is 5.75 Å². The molecule has 0 unspecified atom stereocenters. The van der Waals surface area contributed by atoms with Gasteiger partial charge in [0.2, 0.25) is 0 Å². The molecule has 2 rings (SSSR count). The van der Waals surface area contributed by atoms with Crippen LogP contribution in [0.15, 0.2) is 36.5 Å². The summed E-state index contributed by atoms with van der Waals surface area (Å²) in [5.41, 5.74) is 2.90. The zero-order valence-electron chi connectivity index (χ0n) is 12.1. The minimum absolute atomic E-state index is 0.263. The number of carbonyl (C=O) groups excluding carboxylic acids is 1. The van der Waals surface area contributed by atoms with Crippen LogP contribution < -0.4 is 5.32 Å². The van der Waals surface area contributed by atoms with Gasteiger partial charge in [-0.2, -0.15) is 0 Å². The highest BCUT2D eigenvalue weighted by Gasteiger charge is 2.08. The van der Waals surface area contributed by atoms with Gasteiger partial charge in [0.25, 0.3) is 0 Å². The van der Waals surface area contributed by atoms with Crippen LogP contribution in [0.3, 0.4) is 0 Å². The summed E-state index contributed by atoms with van der Waals surface area (Å²) in [5, 5.41) is 13.0. The van der Waals surface area contributed by atoms with Crippen LogP contribution in [-0.4, -0.2) is 22.7 Å². The summed E-state index contributed by atoms with van der Waals surface area (Å²) >= 11 is 0. The summed E-state index contributed by atoms with van der Waals surface area (Å²) in [4.78, 5) is 15.5. The van der Waals surface area contributed by atoms with E-state index in [1.165, 1.54) is 0 Å². The maximum Gasteiger partial charge on any atom is 0.356 e. The standard InChI is InChI=1S/C16H18N2O3/c1-3-21-16(20)14-8-7-12(9-18-14)17-10-13-11(2)5-4-6-15(13)19/h4-9,17,19H,3,10H2,1-2H3. The highest BCUT2D eigenvalue weighted by molar-refractivity contribution is 5.87. The van der Waals surface area contributed by atoms with E-state index in [2.05, 4.69) is 10.3 Å². The average molecular weight is 286 g/mol. The quantitative estimate of drug-likeness (QED) is 0.827. The number of carbonyl (C=O) groups is 1.